The van der Waals surface area contributed by atoms with Crippen LogP contribution in [0, 0.1) is 5.92 Å². The van der Waals surface area contributed by atoms with Crippen molar-refractivity contribution in [2.75, 3.05) is 6.61 Å². The molecular formula is C11H19NO4. The van der Waals surface area contributed by atoms with Gasteiger partial charge < -0.3 is 14.8 Å². The van der Waals surface area contributed by atoms with Crippen molar-refractivity contribution in [3.8, 4) is 0 Å². The van der Waals surface area contributed by atoms with Crippen molar-refractivity contribution in [1.82, 2.24) is 5.32 Å². The standard InChI is InChI=1S/C11H19NO4/c1-7(2)11(6-15-8(11)13)12-9(14)16-10(3,4)5/h7H,6H2,1-5H3,(H,12,14)/t11-/m1/s1. The number of cyclic esters (lactones) is 1. The third-order valence-electron chi connectivity index (χ3n) is 2.50. The van der Waals surface area contributed by atoms with Crippen LogP contribution in [-0.4, -0.2) is 29.8 Å². The van der Waals surface area contributed by atoms with Gasteiger partial charge in [-0.15, -0.1) is 0 Å². The Morgan fingerprint density at radius 1 is 1.50 bits per heavy atom. The second-order valence-corrected chi connectivity index (χ2v) is 5.33. The Kier molecular flexibility index (Phi) is 3.17. The van der Waals surface area contributed by atoms with Gasteiger partial charge in [-0.05, 0) is 26.7 Å². The highest BCUT2D eigenvalue weighted by molar-refractivity contribution is 5.90. The molecule has 0 spiro atoms. The molecule has 0 radical (unpaired) electrons. The van der Waals surface area contributed by atoms with Crippen LogP contribution in [0.4, 0.5) is 4.79 Å². The van der Waals surface area contributed by atoms with Crippen molar-refractivity contribution in [3.05, 3.63) is 0 Å². The maximum absolute atomic E-state index is 11.6. The molecule has 1 N–H and O–H groups in total. The number of ether oxygens (including phenoxy) is 2. The SMILES string of the molecule is CC(C)[C@]1(NC(=O)OC(C)(C)C)COC1=O. The number of hydrogen-bond acceptors (Lipinski definition) is 4. The zero-order chi connectivity index (χ0) is 12.6. The summed E-state index contributed by atoms with van der Waals surface area (Å²) >= 11 is 0. The largest absolute Gasteiger partial charge is 0.461 e. The molecule has 1 amide bonds. The minimum Gasteiger partial charge on any atom is -0.461 e. The second kappa shape index (κ2) is 3.96. The molecule has 1 rings (SSSR count). The van der Waals surface area contributed by atoms with Crippen molar-refractivity contribution >= 4 is 12.1 Å². The summed E-state index contributed by atoms with van der Waals surface area (Å²) in [6.45, 7) is 9.24. The summed E-state index contributed by atoms with van der Waals surface area (Å²) in [6.07, 6.45) is -0.585. The topological polar surface area (TPSA) is 64.6 Å². The van der Waals surface area contributed by atoms with Crippen molar-refractivity contribution < 1.29 is 19.1 Å². The Bertz CT molecular complexity index is 306. The summed E-state index contributed by atoms with van der Waals surface area (Å²) in [5.41, 5.74) is -1.49. The van der Waals surface area contributed by atoms with Crippen molar-refractivity contribution in [1.29, 1.82) is 0 Å². The first-order valence-corrected chi connectivity index (χ1v) is 5.36. The quantitative estimate of drug-likeness (QED) is 0.728. The number of esters is 1. The van der Waals surface area contributed by atoms with Gasteiger partial charge in [0.25, 0.3) is 0 Å². The lowest BCUT2D eigenvalue weighted by molar-refractivity contribution is -0.180. The first-order valence-electron chi connectivity index (χ1n) is 5.36. The second-order valence-electron chi connectivity index (χ2n) is 5.33. The highest BCUT2D eigenvalue weighted by Gasteiger charge is 2.53. The Morgan fingerprint density at radius 2 is 2.06 bits per heavy atom. The van der Waals surface area contributed by atoms with Gasteiger partial charge in [0.05, 0.1) is 0 Å². The third kappa shape index (κ3) is 2.46. The number of hydrogen-bond donors (Lipinski definition) is 1. The van der Waals surface area contributed by atoms with Crippen LogP contribution < -0.4 is 5.32 Å². The maximum atomic E-state index is 11.6. The molecule has 0 aromatic rings. The van der Waals surface area contributed by atoms with E-state index >= 15 is 0 Å². The fourth-order valence-corrected chi connectivity index (χ4v) is 1.41. The number of carbonyl (C=O) groups excluding carboxylic acids is 2. The van der Waals surface area contributed by atoms with Crippen molar-refractivity contribution in [2.45, 2.75) is 45.8 Å². The molecule has 1 saturated heterocycles. The lowest BCUT2D eigenvalue weighted by Crippen LogP contribution is -2.69. The molecule has 1 aliphatic rings. The van der Waals surface area contributed by atoms with E-state index < -0.39 is 23.2 Å². The van der Waals surface area contributed by atoms with E-state index in [0.29, 0.717) is 0 Å². The highest BCUT2D eigenvalue weighted by Crippen LogP contribution is 2.28. The molecule has 92 valence electrons. The summed E-state index contributed by atoms with van der Waals surface area (Å²) in [4.78, 5) is 23.0. The van der Waals surface area contributed by atoms with E-state index in [1.165, 1.54) is 0 Å². The molecule has 0 aromatic heterocycles. The minimum absolute atomic E-state index is 0.0266. The van der Waals surface area contributed by atoms with Crippen LogP contribution in [0.25, 0.3) is 0 Å². The third-order valence-corrected chi connectivity index (χ3v) is 2.50. The fraction of sp³-hybridized carbons (Fsp3) is 0.818. The molecular weight excluding hydrogens is 210 g/mol. The average Bonchev–Trinajstić information content (AvgIpc) is 2.08. The van der Waals surface area contributed by atoms with Crippen LogP contribution in [0.1, 0.15) is 34.6 Å². The van der Waals surface area contributed by atoms with E-state index in [4.69, 9.17) is 9.47 Å². The molecule has 5 heteroatoms. The number of rotatable bonds is 2. The van der Waals surface area contributed by atoms with E-state index in [-0.39, 0.29) is 12.5 Å². The van der Waals surface area contributed by atoms with Gasteiger partial charge in [-0.25, -0.2) is 9.59 Å². The molecule has 0 saturated carbocycles. The van der Waals surface area contributed by atoms with E-state index in [9.17, 15) is 9.59 Å². The summed E-state index contributed by atoms with van der Waals surface area (Å²) in [6, 6.07) is 0. The molecule has 1 heterocycles. The molecule has 0 aliphatic carbocycles. The molecule has 16 heavy (non-hydrogen) atoms. The highest BCUT2D eigenvalue weighted by atomic mass is 16.6. The first kappa shape index (κ1) is 12.8. The van der Waals surface area contributed by atoms with Crippen LogP contribution in [-0.2, 0) is 14.3 Å². The normalized spacial score (nSPS) is 24.8. The van der Waals surface area contributed by atoms with Gasteiger partial charge >= 0.3 is 12.1 Å². The summed E-state index contributed by atoms with van der Waals surface area (Å²) in [5.74, 6) is -0.422. The van der Waals surface area contributed by atoms with Gasteiger partial charge in [-0.2, -0.15) is 0 Å². The Labute approximate surface area is 95.5 Å². The lowest BCUT2D eigenvalue weighted by atomic mass is 9.84. The molecule has 0 bridgehead atoms. The van der Waals surface area contributed by atoms with Gasteiger partial charge in [-0.1, -0.05) is 13.8 Å². The van der Waals surface area contributed by atoms with E-state index in [1.54, 1.807) is 20.8 Å². The average molecular weight is 229 g/mol. The van der Waals surface area contributed by atoms with Crippen LogP contribution in [0.2, 0.25) is 0 Å². The molecule has 5 nitrogen and oxygen atoms in total. The predicted molar refractivity (Wildman–Crippen MR) is 57.9 cm³/mol. The zero-order valence-electron chi connectivity index (χ0n) is 10.4. The predicted octanol–water partition coefficient (Wildman–Crippen LogP) is 1.46. The summed E-state index contributed by atoms with van der Waals surface area (Å²) < 4.78 is 9.84. The monoisotopic (exact) mass is 229 g/mol. The van der Waals surface area contributed by atoms with Crippen molar-refractivity contribution in [3.63, 3.8) is 0 Å². The molecule has 0 aromatic carbocycles. The Balaban J connectivity index is 2.65. The smallest absolute Gasteiger partial charge is 0.408 e. The van der Waals surface area contributed by atoms with Gasteiger partial charge in [-0.3, -0.25) is 0 Å². The number of nitrogens with one attached hydrogen (secondary N) is 1. The Hall–Kier alpha value is -1.26. The van der Waals surface area contributed by atoms with Crippen molar-refractivity contribution in [2.24, 2.45) is 5.92 Å². The molecule has 0 unspecified atom stereocenters. The zero-order valence-corrected chi connectivity index (χ0v) is 10.4. The summed E-state index contributed by atoms with van der Waals surface area (Å²) in [5, 5.41) is 2.60. The van der Waals surface area contributed by atoms with E-state index in [2.05, 4.69) is 5.32 Å². The van der Waals surface area contributed by atoms with Gasteiger partial charge in [0.1, 0.15) is 12.2 Å². The van der Waals surface area contributed by atoms with Crippen LogP contribution in [0.15, 0.2) is 0 Å². The molecule has 1 fully saturated rings. The number of carbonyl (C=O) groups is 2. The number of alkyl carbamates (subject to hydrolysis) is 1. The van der Waals surface area contributed by atoms with Crippen LogP contribution in [0.5, 0.6) is 0 Å². The number of amides is 1. The fourth-order valence-electron chi connectivity index (χ4n) is 1.41. The summed E-state index contributed by atoms with van der Waals surface area (Å²) in [7, 11) is 0. The molecule has 1 aliphatic heterocycles. The Morgan fingerprint density at radius 3 is 2.31 bits per heavy atom. The van der Waals surface area contributed by atoms with E-state index in [0.717, 1.165) is 0 Å². The molecule has 1 atom stereocenters. The lowest BCUT2D eigenvalue weighted by Gasteiger charge is -2.42. The van der Waals surface area contributed by atoms with Gasteiger partial charge in [0.2, 0.25) is 0 Å². The maximum Gasteiger partial charge on any atom is 0.408 e. The van der Waals surface area contributed by atoms with Crippen LogP contribution in [0.3, 0.4) is 0 Å². The minimum atomic E-state index is -0.914. The van der Waals surface area contributed by atoms with Gasteiger partial charge in [0.15, 0.2) is 5.54 Å². The van der Waals surface area contributed by atoms with Crippen LogP contribution >= 0.6 is 0 Å². The van der Waals surface area contributed by atoms with Gasteiger partial charge in [0, 0.05) is 0 Å². The van der Waals surface area contributed by atoms with E-state index in [1.807, 2.05) is 13.8 Å². The first-order chi connectivity index (χ1) is 7.17.